The Kier molecular flexibility index (Phi) is 62.1. The van der Waals surface area contributed by atoms with Crippen molar-refractivity contribution in [3.05, 3.63) is 0 Å². The van der Waals surface area contributed by atoms with Gasteiger partial charge in [-0.3, -0.25) is 34.8 Å². The molecule has 0 spiro atoms. The number of hydrazine groups is 1. The summed E-state index contributed by atoms with van der Waals surface area (Å²) in [5, 5.41) is 23.4. The molecule has 0 saturated heterocycles. The van der Waals surface area contributed by atoms with Gasteiger partial charge in [0.1, 0.15) is 6.04 Å². The fraction of sp³-hybridized carbons (Fsp3) is 0.864. The molecular formula is C44H94N8O7. The lowest BCUT2D eigenvalue weighted by Gasteiger charge is -2.11. The van der Waals surface area contributed by atoms with Crippen molar-refractivity contribution in [1.29, 1.82) is 5.41 Å². The van der Waals surface area contributed by atoms with Crippen LogP contribution in [0.25, 0.3) is 0 Å². The van der Waals surface area contributed by atoms with Crippen LogP contribution in [0.15, 0.2) is 0 Å². The summed E-state index contributed by atoms with van der Waals surface area (Å²) in [5.41, 5.74) is 29.1. The highest BCUT2D eigenvalue weighted by Gasteiger charge is 2.14. The van der Waals surface area contributed by atoms with Crippen LogP contribution < -0.4 is 39.5 Å². The normalized spacial score (nSPS) is 10.5. The monoisotopic (exact) mass is 847 g/mol. The third-order valence-electron chi connectivity index (χ3n) is 8.97. The number of hydrogen-bond donors (Lipinski definition) is 10. The van der Waals surface area contributed by atoms with Gasteiger partial charge in [0.15, 0.2) is 5.96 Å². The van der Waals surface area contributed by atoms with Gasteiger partial charge < -0.3 is 38.9 Å². The van der Waals surface area contributed by atoms with Crippen LogP contribution in [0.3, 0.4) is 0 Å². The number of unbranched alkanes of at least 4 members (excludes halogenated alkanes) is 24. The first-order valence-corrected chi connectivity index (χ1v) is 23.0. The summed E-state index contributed by atoms with van der Waals surface area (Å²) >= 11 is 0. The van der Waals surface area contributed by atoms with Gasteiger partial charge in [-0.1, -0.05) is 182 Å². The third-order valence-corrected chi connectivity index (χ3v) is 8.97. The van der Waals surface area contributed by atoms with E-state index in [-0.39, 0.29) is 23.6 Å². The number of hydrogen-bond acceptors (Lipinski definition) is 8. The van der Waals surface area contributed by atoms with Crippen LogP contribution in [-0.4, -0.2) is 58.4 Å². The number of carboxylic acids is 1. The molecule has 0 aliphatic rings. The molecule has 1 atom stereocenters. The van der Waals surface area contributed by atoms with Crippen LogP contribution in [0.5, 0.6) is 0 Å². The molecule has 0 heterocycles. The van der Waals surface area contributed by atoms with Crippen molar-refractivity contribution in [2.75, 3.05) is 6.61 Å². The van der Waals surface area contributed by atoms with Crippen molar-refractivity contribution in [3.63, 3.8) is 0 Å². The van der Waals surface area contributed by atoms with Gasteiger partial charge in [-0.25, -0.2) is 5.43 Å². The number of carbonyl (C=O) groups excluding carboxylic acids is 4. The molecule has 0 saturated carbocycles. The van der Waals surface area contributed by atoms with Crippen LogP contribution >= 0.6 is 0 Å². The van der Waals surface area contributed by atoms with Crippen molar-refractivity contribution in [1.82, 2.24) is 10.9 Å². The van der Waals surface area contributed by atoms with E-state index in [0.717, 1.165) is 51.4 Å². The van der Waals surface area contributed by atoms with Gasteiger partial charge in [-0.15, -0.1) is 0 Å². The Bertz CT molecular complexity index is 846. The maximum atomic E-state index is 10.4. The number of aliphatic carboxylic acids is 1. The first-order valence-electron chi connectivity index (χ1n) is 23.0. The molecule has 1 unspecified atom stereocenters. The van der Waals surface area contributed by atoms with Gasteiger partial charge in [0.25, 0.3) is 0 Å². The molecule has 0 fully saturated rings. The van der Waals surface area contributed by atoms with E-state index in [1.54, 1.807) is 0 Å². The number of guanidine groups is 1. The minimum Gasteiger partial charge on any atom is -0.480 e. The van der Waals surface area contributed by atoms with Gasteiger partial charge >= 0.3 is 5.97 Å². The Morgan fingerprint density at radius 2 is 0.627 bits per heavy atom. The summed E-state index contributed by atoms with van der Waals surface area (Å²) in [6.07, 6.45) is 37.0. The lowest BCUT2D eigenvalue weighted by atomic mass is 10.1. The fourth-order valence-corrected chi connectivity index (χ4v) is 5.38. The van der Waals surface area contributed by atoms with Crippen molar-refractivity contribution in [3.8, 4) is 0 Å². The summed E-state index contributed by atoms with van der Waals surface area (Å²) in [6, 6.07) is -1.15. The number of carbonyl (C=O) groups is 5. The Balaban J connectivity index is -0.000000206. The van der Waals surface area contributed by atoms with E-state index in [1.807, 2.05) is 5.43 Å². The fourth-order valence-electron chi connectivity index (χ4n) is 5.38. The summed E-state index contributed by atoms with van der Waals surface area (Å²) in [5.74, 6) is -2.29. The SMILES string of the molecule is CCCCCCCCCC(N)=O.CCCCCCCCCC(N)=O.CCCCCCCCCC(N)=O.CCCCCCCCCC(N)=O.N=C(N)NNC(CO)C(=O)O. The van der Waals surface area contributed by atoms with Gasteiger partial charge in [0.05, 0.1) is 6.61 Å². The van der Waals surface area contributed by atoms with E-state index in [4.69, 9.17) is 44.3 Å². The van der Waals surface area contributed by atoms with Crippen LogP contribution in [-0.2, 0) is 24.0 Å². The lowest BCUT2D eigenvalue weighted by Crippen LogP contribution is -2.51. The molecule has 0 rings (SSSR count). The van der Waals surface area contributed by atoms with Crippen molar-refractivity contribution in [2.24, 2.45) is 28.7 Å². The molecule has 0 aromatic carbocycles. The molecule has 15 heteroatoms. The van der Waals surface area contributed by atoms with E-state index in [1.165, 1.54) is 128 Å². The molecule has 0 aliphatic heterocycles. The maximum absolute atomic E-state index is 10.4. The standard InChI is InChI=1S/4C10H21NO.C4H10N4O3/c4*1-2-3-4-5-6-7-8-9-10(11)12;5-4(6)8-7-2(1-9)3(10)11/h4*2-9H2,1H3,(H2,11,12);2,7,9H,1H2,(H,10,11)(H4,5,6,8). The van der Waals surface area contributed by atoms with Crippen LogP contribution in [0.2, 0.25) is 0 Å². The molecule has 15 nitrogen and oxygen atoms in total. The van der Waals surface area contributed by atoms with Crippen molar-refractivity contribution < 1.29 is 34.2 Å². The molecule has 0 aromatic heterocycles. The average molecular weight is 847 g/mol. The van der Waals surface area contributed by atoms with Crippen LogP contribution in [0, 0.1) is 5.41 Å². The zero-order valence-corrected chi connectivity index (χ0v) is 38.2. The topological polar surface area (TPSA) is 304 Å². The second kappa shape index (κ2) is 56.6. The summed E-state index contributed by atoms with van der Waals surface area (Å²) in [7, 11) is 0. The van der Waals surface area contributed by atoms with Crippen LogP contribution in [0.1, 0.15) is 233 Å². The summed E-state index contributed by atoms with van der Waals surface area (Å²) < 4.78 is 0. The number of aliphatic hydroxyl groups is 1. The van der Waals surface area contributed by atoms with Gasteiger partial charge in [0.2, 0.25) is 23.6 Å². The van der Waals surface area contributed by atoms with Gasteiger partial charge in [0, 0.05) is 25.7 Å². The Morgan fingerprint density at radius 1 is 0.424 bits per heavy atom. The number of amides is 4. The average Bonchev–Trinajstić information content (AvgIpc) is 3.17. The van der Waals surface area contributed by atoms with E-state index in [9.17, 15) is 24.0 Å². The Labute approximate surface area is 359 Å². The molecule has 0 bridgehead atoms. The zero-order chi connectivity index (χ0) is 45.8. The van der Waals surface area contributed by atoms with Crippen molar-refractivity contribution in [2.45, 2.75) is 239 Å². The molecule has 59 heavy (non-hydrogen) atoms. The highest BCUT2D eigenvalue weighted by atomic mass is 16.4. The second-order valence-electron chi connectivity index (χ2n) is 15.1. The predicted octanol–water partition coefficient (Wildman–Crippen LogP) is 7.87. The highest BCUT2D eigenvalue weighted by molar-refractivity contribution is 5.76. The Hall–Kier alpha value is -3.46. The van der Waals surface area contributed by atoms with Crippen LogP contribution in [0.4, 0.5) is 0 Å². The molecule has 0 aliphatic carbocycles. The number of nitrogens with two attached hydrogens (primary N) is 5. The summed E-state index contributed by atoms with van der Waals surface area (Å²) in [4.78, 5) is 51.6. The number of primary amides is 4. The number of nitrogens with one attached hydrogen (secondary N) is 3. The number of carboxylic acid groups (broad SMARTS) is 1. The first-order chi connectivity index (χ1) is 28.2. The smallest absolute Gasteiger partial charge is 0.324 e. The van der Waals surface area contributed by atoms with Gasteiger partial charge in [-0.2, -0.15) is 0 Å². The van der Waals surface area contributed by atoms with Gasteiger partial charge in [-0.05, 0) is 25.7 Å². The highest BCUT2D eigenvalue weighted by Crippen LogP contribution is 2.10. The Morgan fingerprint density at radius 3 is 0.780 bits per heavy atom. The molecule has 15 N–H and O–H groups in total. The third kappa shape index (κ3) is 79.4. The van der Waals surface area contributed by atoms with E-state index in [2.05, 4.69) is 33.1 Å². The number of rotatable bonds is 36. The molecule has 4 amide bonds. The quantitative estimate of drug-likeness (QED) is 0.0126. The second-order valence-corrected chi connectivity index (χ2v) is 15.1. The lowest BCUT2D eigenvalue weighted by molar-refractivity contribution is -0.140. The summed E-state index contributed by atoms with van der Waals surface area (Å²) in [6.45, 7) is 8.29. The molecule has 0 radical (unpaired) electrons. The van der Waals surface area contributed by atoms with E-state index in [0.29, 0.717) is 25.7 Å². The predicted molar refractivity (Wildman–Crippen MR) is 244 cm³/mol. The molecule has 352 valence electrons. The molecular weight excluding hydrogens is 753 g/mol. The largest absolute Gasteiger partial charge is 0.480 e. The zero-order valence-electron chi connectivity index (χ0n) is 38.2. The van der Waals surface area contributed by atoms with E-state index >= 15 is 0 Å². The number of aliphatic hydroxyl groups excluding tert-OH is 1. The van der Waals surface area contributed by atoms with Crippen molar-refractivity contribution >= 4 is 35.6 Å². The minimum atomic E-state index is -1.22. The van der Waals surface area contributed by atoms with E-state index < -0.39 is 24.6 Å². The minimum absolute atomic E-state index is 0.163. The first kappa shape index (κ1) is 64.7. The maximum Gasteiger partial charge on any atom is 0.324 e. The molecule has 0 aromatic rings.